The third-order valence-electron chi connectivity index (χ3n) is 4.80. The second-order valence-corrected chi connectivity index (χ2v) is 7.40. The Kier molecular flexibility index (Phi) is 8.67. The molecule has 25 heavy (non-hydrogen) atoms. The highest BCUT2D eigenvalue weighted by molar-refractivity contribution is 14.0. The van der Waals surface area contributed by atoms with Crippen LogP contribution in [0.5, 0.6) is 0 Å². The molecule has 2 aliphatic heterocycles. The lowest BCUT2D eigenvalue weighted by Crippen LogP contribution is -2.51. The predicted molar refractivity (Wildman–Crippen MR) is 116 cm³/mol. The molecule has 0 aliphatic carbocycles. The molecule has 0 unspecified atom stereocenters. The Morgan fingerprint density at radius 3 is 2.68 bits per heavy atom. The van der Waals surface area contributed by atoms with E-state index in [1.54, 1.807) is 11.3 Å². The van der Waals surface area contributed by atoms with Gasteiger partial charge < -0.3 is 25.3 Å². The molecule has 1 aromatic rings. The fraction of sp³-hybridized carbons (Fsp3) is 0.750. The number of nitrogens with zero attached hydrogens (tertiary/aromatic N) is 6. The van der Waals surface area contributed by atoms with Gasteiger partial charge in [0.25, 0.3) is 0 Å². The molecule has 0 bridgehead atoms. The van der Waals surface area contributed by atoms with Crippen LogP contribution < -0.4 is 10.6 Å². The third-order valence-corrected chi connectivity index (χ3v) is 5.63. The number of guanidine groups is 1. The number of halogens is 1. The molecule has 0 amide bonds. The Bertz CT molecular complexity index is 517. The Morgan fingerprint density at radius 2 is 1.96 bits per heavy atom. The quantitative estimate of drug-likeness (QED) is 0.392. The van der Waals surface area contributed by atoms with E-state index >= 15 is 0 Å². The molecule has 0 spiro atoms. The Morgan fingerprint density at radius 1 is 1.16 bits per heavy atom. The minimum atomic E-state index is 0. The van der Waals surface area contributed by atoms with Gasteiger partial charge in [-0.15, -0.1) is 35.3 Å². The first-order valence-corrected chi connectivity index (χ1v) is 9.70. The average Bonchev–Trinajstić information content (AvgIpc) is 3.06. The maximum atomic E-state index is 6.20. The van der Waals surface area contributed by atoms with Crippen molar-refractivity contribution in [2.75, 3.05) is 77.4 Å². The van der Waals surface area contributed by atoms with Crippen molar-refractivity contribution < 1.29 is 0 Å². The molecule has 142 valence electrons. The monoisotopic (exact) mass is 479 g/mol. The number of rotatable bonds is 4. The fourth-order valence-corrected chi connectivity index (χ4v) is 3.93. The van der Waals surface area contributed by atoms with Gasteiger partial charge in [0.15, 0.2) is 11.1 Å². The van der Waals surface area contributed by atoms with Crippen molar-refractivity contribution in [1.29, 1.82) is 0 Å². The molecule has 0 saturated carbocycles. The highest BCUT2D eigenvalue weighted by atomic mass is 127. The maximum Gasteiger partial charge on any atom is 0.191 e. The van der Waals surface area contributed by atoms with Gasteiger partial charge in [-0.25, -0.2) is 4.98 Å². The molecule has 3 heterocycles. The smallest absolute Gasteiger partial charge is 0.191 e. The highest BCUT2D eigenvalue weighted by Crippen LogP contribution is 2.18. The van der Waals surface area contributed by atoms with Gasteiger partial charge in [0.1, 0.15) is 0 Å². The lowest BCUT2D eigenvalue weighted by molar-refractivity contribution is 0.282. The third kappa shape index (κ3) is 6.22. The van der Waals surface area contributed by atoms with Crippen molar-refractivity contribution in [2.45, 2.75) is 6.42 Å². The van der Waals surface area contributed by atoms with Crippen LogP contribution in [-0.4, -0.2) is 98.1 Å². The summed E-state index contributed by atoms with van der Waals surface area (Å²) in [7, 11) is 2.20. The van der Waals surface area contributed by atoms with E-state index in [1.165, 1.54) is 19.5 Å². The van der Waals surface area contributed by atoms with Crippen LogP contribution in [0.3, 0.4) is 0 Å². The molecule has 0 aromatic carbocycles. The fourth-order valence-electron chi connectivity index (χ4n) is 3.23. The van der Waals surface area contributed by atoms with Crippen LogP contribution >= 0.6 is 35.3 Å². The molecule has 0 atom stereocenters. The van der Waals surface area contributed by atoms with E-state index in [2.05, 4.69) is 36.6 Å². The second kappa shape index (κ2) is 10.5. The number of aromatic nitrogens is 1. The summed E-state index contributed by atoms with van der Waals surface area (Å²) in [5.74, 6) is 0.695. The molecule has 9 heteroatoms. The van der Waals surface area contributed by atoms with Crippen molar-refractivity contribution >= 4 is 46.4 Å². The average molecular weight is 479 g/mol. The van der Waals surface area contributed by atoms with Gasteiger partial charge in [-0.1, -0.05) is 0 Å². The summed E-state index contributed by atoms with van der Waals surface area (Å²) >= 11 is 1.70. The van der Waals surface area contributed by atoms with Gasteiger partial charge in [0.05, 0.1) is 6.54 Å². The summed E-state index contributed by atoms with van der Waals surface area (Å²) in [6.07, 6.45) is 3.11. The summed E-state index contributed by atoms with van der Waals surface area (Å²) < 4.78 is 0. The van der Waals surface area contributed by atoms with Crippen LogP contribution in [0, 0.1) is 0 Å². The first-order valence-electron chi connectivity index (χ1n) is 8.82. The normalized spacial score (nSPS) is 21.1. The first-order chi connectivity index (χ1) is 11.7. The zero-order chi connectivity index (χ0) is 16.8. The number of nitrogens with two attached hydrogens (primary N) is 1. The van der Waals surface area contributed by atoms with Crippen molar-refractivity contribution in [3.05, 3.63) is 11.6 Å². The Labute approximate surface area is 171 Å². The molecular formula is C16H30IN7S. The van der Waals surface area contributed by atoms with E-state index in [0.717, 1.165) is 57.5 Å². The summed E-state index contributed by atoms with van der Waals surface area (Å²) in [6.45, 7) is 10.2. The summed E-state index contributed by atoms with van der Waals surface area (Å²) in [5.41, 5.74) is 6.20. The number of likely N-dealkylation sites (N-methyl/N-ethyl adjacent to an activating group) is 1. The van der Waals surface area contributed by atoms with Gasteiger partial charge in [-0.2, -0.15) is 0 Å². The lowest BCUT2D eigenvalue weighted by atomic mass is 10.3. The molecular weight excluding hydrogens is 449 g/mol. The number of hydrogen-bond acceptors (Lipinski definition) is 6. The second-order valence-electron chi connectivity index (χ2n) is 6.53. The minimum Gasteiger partial charge on any atom is -0.370 e. The zero-order valence-electron chi connectivity index (χ0n) is 15.0. The highest BCUT2D eigenvalue weighted by Gasteiger charge is 2.19. The van der Waals surface area contributed by atoms with Crippen molar-refractivity contribution in [3.8, 4) is 0 Å². The largest absolute Gasteiger partial charge is 0.370 e. The van der Waals surface area contributed by atoms with E-state index in [1.807, 2.05) is 11.6 Å². The maximum absolute atomic E-state index is 6.20. The summed E-state index contributed by atoms with van der Waals surface area (Å²) in [6, 6.07) is 0. The van der Waals surface area contributed by atoms with E-state index in [4.69, 9.17) is 5.73 Å². The van der Waals surface area contributed by atoms with Crippen molar-refractivity contribution in [1.82, 2.24) is 19.7 Å². The predicted octanol–water partition coefficient (Wildman–Crippen LogP) is 0.835. The zero-order valence-corrected chi connectivity index (χ0v) is 18.2. The number of hydrogen-bond donors (Lipinski definition) is 1. The van der Waals surface area contributed by atoms with Gasteiger partial charge in [-0.3, -0.25) is 4.99 Å². The molecule has 0 radical (unpaired) electrons. The SMILES string of the molecule is CN1CCCN(CCN=C(N)N2CCN(c3nccs3)CC2)CC1.I. The Balaban J connectivity index is 0.00000225. The van der Waals surface area contributed by atoms with Crippen molar-refractivity contribution in [3.63, 3.8) is 0 Å². The number of thiazole rings is 1. The molecule has 2 saturated heterocycles. The molecule has 7 nitrogen and oxygen atoms in total. The number of anilines is 1. The van der Waals surface area contributed by atoms with Crippen LogP contribution in [0.25, 0.3) is 0 Å². The van der Waals surface area contributed by atoms with Gasteiger partial charge in [0, 0.05) is 57.4 Å². The molecule has 3 rings (SSSR count). The Hall–Kier alpha value is -0.650. The van der Waals surface area contributed by atoms with Gasteiger partial charge in [-0.05, 0) is 26.6 Å². The standard InChI is InChI=1S/C16H29N7S.HI/c1-20-5-2-6-21(9-8-20)7-3-18-15(17)22-10-12-23(13-11-22)16-19-4-14-24-16;/h4,14H,2-3,5-13H2,1H3,(H2,17,18);1H. The van der Waals surface area contributed by atoms with Crippen molar-refractivity contribution in [2.24, 2.45) is 10.7 Å². The topological polar surface area (TPSA) is 64.2 Å². The minimum absolute atomic E-state index is 0. The lowest BCUT2D eigenvalue weighted by Gasteiger charge is -2.35. The van der Waals surface area contributed by atoms with E-state index in [0.29, 0.717) is 5.96 Å². The molecule has 2 N–H and O–H groups in total. The van der Waals surface area contributed by atoms with Crippen LogP contribution in [0.15, 0.2) is 16.6 Å². The molecule has 2 fully saturated rings. The number of aliphatic imine (C=N–C) groups is 1. The van der Waals surface area contributed by atoms with Crippen LogP contribution in [0.4, 0.5) is 5.13 Å². The van der Waals surface area contributed by atoms with E-state index in [9.17, 15) is 0 Å². The number of piperazine rings is 1. The molecule has 1 aromatic heterocycles. The summed E-state index contributed by atoms with van der Waals surface area (Å²) in [4.78, 5) is 18.4. The van der Waals surface area contributed by atoms with Crippen LogP contribution in [0.2, 0.25) is 0 Å². The van der Waals surface area contributed by atoms with Gasteiger partial charge >= 0.3 is 0 Å². The van der Waals surface area contributed by atoms with Crippen LogP contribution in [0.1, 0.15) is 6.42 Å². The molecule has 2 aliphatic rings. The summed E-state index contributed by atoms with van der Waals surface area (Å²) in [5, 5.41) is 3.13. The van der Waals surface area contributed by atoms with Crippen LogP contribution in [-0.2, 0) is 0 Å². The first kappa shape index (κ1) is 20.7. The van der Waals surface area contributed by atoms with E-state index in [-0.39, 0.29) is 24.0 Å². The van der Waals surface area contributed by atoms with E-state index < -0.39 is 0 Å². The van der Waals surface area contributed by atoms with Gasteiger partial charge in [0.2, 0.25) is 0 Å².